The maximum Gasteiger partial charge on any atom is 0.266 e. The second-order valence-electron chi connectivity index (χ2n) is 7.40. The van der Waals surface area contributed by atoms with Gasteiger partial charge in [-0.1, -0.05) is 29.3 Å². The number of nitrogens with zero attached hydrogens (tertiary/aromatic N) is 7. The Balaban J connectivity index is 1.67. The van der Waals surface area contributed by atoms with Gasteiger partial charge < -0.3 is 16.0 Å². The first-order valence-corrected chi connectivity index (χ1v) is 13.5. The normalized spacial score (nSPS) is 11.6. The van der Waals surface area contributed by atoms with Crippen molar-refractivity contribution < 1.29 is 27.6 Å². The molecule has 204 valence electrons. The Bertz CT molecular complexity index is 1330. The maximum atomic E-state index is 10.9. The smallest absolute Gasteiger partial charge is 0.266 e. The standard InChI is InChI=1S/C20H26N10O6S2/c1-21-17-25-15(27-19(29-17)23-7-9-37-36-35-31)11-13-3-5-14(6-4-13)12-16-26-18(22-2)30-20(28-16)24-8-10-38(32,33)34/h3-7,31H,8-12H2,1-2H3,(H,32,33,34)(H,21,25,27,29)(H2,22,24,26,28,30). The fourth-order valence-corrected chi connectivity index (χ4v) is 3.57. The van der Waals surface area contributed by atoms with Crippen LogP contribution in [0.4, 0.5) is 23.8 Å². The number of rotatable bonds is 15. The molecule has 0 amide bonds. The molecule has 0 unspecified atom stereocenters. The van der Waals surface area contributed by atoms with E-state index in [2.05, 4.69) is 60.2 Å². The van der Waals surface area contributed by atoms with E-state index in [1.807, 2.05) is 24.3 Å². The molecule has 0 radical (unpaired) electrons. The van der Waals surface area contributed by atoms with Crippen LogP contribution < -0.4 is 16.0 Å². The van der Waals surface area contributed by atoms with Crippen LogP contribution in [0.2, 0.25) is 0 Å². The molecular formula is C20H26N10O6S2. The van der Waals surface area contributed by atoms with Gasteiger partial charge >= 0.3 is 0 Å². The third kappa shape index (κ3) is 10.1. The van der Waals surface area contributed by atoms with Crippen LogP contribution in [0.25, 0.3) is 0 Å². The van der Waals surface area contributed by atoms with E-state index < -0.39 is 15.9 Å². The summed E-state index contributed by atoms with van der Waals surface area (Å²) in [5, 5.41) is 20.1. The van der Waals surface area contributed by atoms with Gasteiger partial charge in [0.25, 0.3) is 16.1 Å². The third-order valence-corrected chi connectivity index (χ3v) is 5.78. The van der Waals surface area contributed by atoms with Gasteiger partial charge in [0, 0.05) is 51.7 Å². The molecule has 3 rings (SSSR count). The molecule has 0 bridgehead atoms. The van der Waals surface area contributed by atoms with E-state index in [9.17, 15) is 8.42 Å². The van der Waals surface area contributed by atoms with Gasteiger partial charge in [0.05, 0.1) is 11.5 Å². The van der Waals surface area contributed by atoms with Gasteiger partial charge in [0.15, 0.2) is 0 Å². The van der Waals surface area contributed by atoms with Gasteiger partial charge in [-0.3, -0.25) is 4.55 Å². The zero-order valence-electron chi connectivity index (χ0n) is 20.4. The van der Waals surface area contributed by atoms with E-state index in [0.29, 0.717) is 42.1 Å². The van der Waals surface area contributed by atoms with E-state index in [4.69, 9.17) is 9.81 Å². The van der Waals surface area contributed by atoms with Gasteiger partial charge in [0.1, 0.15) is 11.6 Å². The van der Waals surface area contributed by atoms with Crippen molar-refractivity contribution in [1.29, 1.82) is 0 Å². The third-order valence-electron chi connectivity index (χ3n) is 4.62. The molecule has 16 nitrogen and oxygen atoms in total. The van der Waals surface area contributed by atoms with Crippen molar-refractivity contribution in [2.75, 3.05) is 48.1 Å². The van der Waals surface area contributed by atoms with Crippen molar-refractivity contribution in [3.8, 4) is 0 Å². The molecule has 2 heterocycles. The van der Waals surface area contributed by atoms with E-state index in [1.165, 1.54) is 6.21 Å². The van der Waals surface area contributed by atoms with Crippen LogP contribution in [-0.2, 0) is 32.3 Å². The highest BCUT2D eigenvalue weighted by atomic mass is 32.2. The summed E-state index contributed by atoms with van der Waals surface area (Å²) in [6.45, 7) is -0.0500. The molecular weight excluding hydrogens is 540 g/mol. The van der Waals surface area contributed by atoms with Crippen LogP contribution in [0.3, 0.4) is 0 Å². The minimum absolute atomic E-state index is 0.0500. The Labute approximate surface area is 222 Å². The molecule has 0 aliphatic rings. The van der Waals surface area contributed by atoms with Crippen molar-refractivity contribution in [1.82, 2.24) is 29.9 Å². The summed E-state index contributed by atoms with van der Waals surface area (Å²) in [5.41, 5.74) is 1.90. The molecule has 0 aliphatic heterocycles. The summed E-state index contributed by atoms with van der Waals surface area (Å²) in [4.78, 5) is 29.9. The SMILES string of the molecule is CNc1nc(Cc2ccc(Cc3nc(NC)nc(NCCS(=O)(=O)O)n3)cc2)nc(N=CCSOOO)n1. The topological polar surface area (TPSA) is 219 Å². The average Bonchev–Trinajstić information content (AvgIpc) is 2.88. The largest absolute Gasteiger partial charge is 0.357 e. The molecule has 38 heavy (non-hydrogen) atoms. The minimum atomic E-state index is -4.10. The molecule has 3 aromatic rings. The lowest BCUT2D eigenvalue weighted by molar-refractivity contribution is -0.432. The molecule has 1 aromatic carbocycles. The number of aliphatic imine (C=N–C) groups is 1. The van der Waals surface area contributed by atoms with Crippen LogP contribution in [0.15, 0.2) is 29.3 Å². The monoisotopic (exact) mass is 566 g/mol. The Morgan fingerprint density at radius 3 is 2.08 bits per heavy atom. The predicted octanol–water partition coefficient (Wildman–Crippen LogP) is 1.39. The van der Waals surface area contributed by atoms with Crippen LogP contribution in [0.5, 0.6) is 0 Å². The number of hydrogen-bond acceptors (Lipinski definition) is 16. The molecule has 2 aromatic heterocycles. The van der Waals surface area contributed by atoms with E-state index >= 15 is 0 Å². The second-order valence-corrected chi connectivity index (χ2v) is 9.67. The fourth-order valence-electron chi connectivity index (χ4n) is 2.98. The lowest BCUT2D eigenvalue weighted by atomic mass is 10.1. The van der Waals surface area contributed by atoms with Gasteiger partial charge in [-0.15, -0.1) is 4.33 Å². The maximum absolute atomic E-state index is 10.9. The van der Waals surface area contributed by atoms with E-state index in [-0.39, 0.29) is 18.4 Å². The fraction of sp³-hybridized carbons (Fsp3) is 0.350. The number of benzene rings is 1. The highest BCUT2D eigenvalue weighted by Gasteiger charge is 2.10. The van der Waals surface area contributed by atoms with Crippen molar-refractivity contribution >= 4 is 52.2 Å². The summed E-state index contributed by atoms with van der Waals surface area (Å²) in [5.74, 6) is 1.93. The Morgan fingerprint density at radius 1 is 0.921 bits per heavy atom. The van der Waals surface area contributed by atoms with Gasteiger partial charge in [-0.25, -0.2) is 10.2 Å². The molecule has 0 atom stereocenters. The Morgan fingerprint density at radius 2 is 1.50 bits per heavy atom. The van der Waals surface area contributed by atoms with Crippen LogP contribution in [0.1, 0.15) is 22.8 Å². The van der Waals surface area contributed by atoms with Crippen LogP contribution >= 0.6 is 12.0 Å². The van der Waals surface area contributed by atoms with Crippen LogP contribution in [-0.4, -0.2) is 86.5 Å². The van der Waals surface area contributed by atoms with Crippen molar-refractivity contribution in [3.05, 3.63) is 47.0 Å². The second kappa shape index (κ2) is 14.4. The zero-order chi connectivity index (χ0) is 27.4. The molecule has 0 spiro atoms. The first kappa shape index (κ1) is 29.0. The van der Waals surface area contributed by atoms with Crippen molar-refractivity contribution in [2.45, 2.75) is 12.8 Å². The highest BCUT2D eigenvalue weighted by Crippen LogP contribution is 2.15. The predicted molar refractivity (Wildman–Crippen MR) is 141 cm³/mol. The lowest BCUT2D eigenvalue weighted by Gasteiger charge is -2.09. The summed E-state index contributed by atoms with van der Waals surface area (Å²) in [7, 11) is -0.745. The molecule has 0 saturated carbocycles. The number of hydrogen-bond donors (Lipinski definition) is 5. The van der Waals surface area contributed by atoms with Gasteiger partial charge in [0.2, 0.25) is 17.8 Å². The Hall–Kier alpha value is -3.55. The molecule has 5 N–H and O–H groups in total. The molecule has 0 fully saturated rings. The van der Waals surface area contributed by atoms with Gasteiger partial charge in [-0.2, -0.15) is 38.3 Å². The first-order chi connectivity index (χ1) is 18.3. The number of aromatic nitrogens is 6. The summed E-state index contributed by atoms with van der Waals surface area (Å²) in [6.07, 6.45) is 2.35. The molecule has 0 aliphatic carbocycles. The number of nitrogens with one attached hydrogen (secondary N) is 3. The summed E-state index contributed by atoms with van der Waals surface area (Å²) < 4.78 is 35.0. The van der Waals surface area contributed by atoms with Crippen molar-refractivity contribution in [2.24, 2.45) is 4.99 Å². The minimum Gasteiger partial charge on any atom is -0.357 e. The highest BCUT2D eigenvalue weighted by molar-refractivity contribution is 7.95. The quantitative estimate of drug-likeness (QED) is 0.0438. The zero-order valence-corrected chi connectivity index (χ0v) is 22.0. The van der Waals surface area contributed by atoms with Crippen molar-refractivity contribution in [3.63, 3.8) is 0 Å². The summed E-state index contributed by atoms with van der Waals surface area (Å²) >= 11 is 0.839. The average molecular weight is 567 g/mol. The van der Waals surface area contributed by atoms with Crippen LogP contribution in [0, 0.1) is 0 Å². The summed E-state index contributed by atoms with van der Waals surface area (Å²) in [6, 6.07) is 7.75. The first-order valence-electron chi connectivity index (χ1n) is 11.0. The molecule has 18 heteroatoms. The van der Waals surface area contributed by atoms with E-state index in [1.54, 1.807) is 14.1 Å². The Kier molecular flexibility index (Phi) is 11.0. The van der Waals surface area contributed by atoms with E-state index in [0.717, 1.165) is 23.2 Å². The van der Waals surface area contributed by atoms with Gasteiger partial charge in [-0.05, 0) is 11.1 Å². The number of anilines is 3. The lowest BCUT2D eigenvalue weighted by Crippen LogP contribution is -2.17. The molecule has 0 saturated heterocycles.